The van der Waals surface area contributed by atoms with Crippen LogP contribution in [-0.2, 0) is 13.1 Å². The third-order valence-electron chi connectivity index (χ3n) is 2.05. The van der Waals surface area contributed by atoms with Crippen molar-refractivity contribution in [3.8, 4) is 0 Å². The highest BCUT2D eigenvalue weighted by Gasteiger charge is 1.95. The van der Waals surface area contributed by atoms with E-state index in [-0.39, 0.29) is 0 Å². The molecule has 0 radical (unpaired) electrons. The van der Waals surface area contributed by atoms with E-state index in [0.29, 0.717) is 0 Å². The van der Waals surface area contributed by atoms with E-state index in [1.807, 2.05) is 6.92 Å². The molecule has 1 heterocycles. The fraction of sp³-hybridized carbons (Fsp3) is 0.500. The van der Waals surface area contributed by atoms with Gasteiger partial charge in [-0.05, 0) is 25.0 Å². The largest absolute Gasteiger partial charge is 0.354 e. The number of hydrogen-bond acceptors (Lipinski definition) is 1. The molecule has 0 spiro atoms. The molecule has 2 nitrogen and oxygen atoms in total. The van der Waals surface area contributed by atoms with Crippen LogP contribution in [0.2, 0.25) is 0 Å². The van der Waals surface area contributed by atoms with E-state index in [4.69, 9.17) is 0 Å². The Morgan fingerprint density at radius 2 is 2.36 bits per heavy atom. The summed E-state index contributed by atoms with van der Waals surface area (Å²) in [5, 5.41) is 3.34. The maximum Gasteiger partial charge on any atom is 0.0223 e. The number of nitrogens with zero attached hydrogens (tertiary/aromatic N) is 1. The summed E-state index contributed by atoms with van der Waals surface area (Å²) in [6.07, 6.45) is 5.53. The van der Waals surface area contributed by atoms with Gasteiger partial charge in [0.2, 0.25) is 0 Å². The first kappa shape index (κ1) is 11.1. The summed E-state index contributed by atoms with van der Waals surface area (Å²) in [5.41, 5.74) is 2.53. The molecule has 0 aliphatic rings. The Hall–Kier alpha value is -1.02. The topological polar surface area (TPSA) is 17.0 Å². The van der Waals surface area contributed by atoms with Gasteiger partial charge in [0.05, 0.1) is 0 Å². The molecule has 0 fully saturated rings. The molecule has 1 aromatic heterocycles. The van der Waals surface area contributed by atoms with Gasteiger partial charge >= 0.3 is 0 Å². The second kappa shape index (κ2) is 5.66. The third kappa shape index (κ3) is 3.79. The van der Waals surface area contributed by atoms with Crippen molar-refractivity contribution in [1.82, 2.24) is 9.88 Å². The van der Waals surface area contributed by atoms with Gasteiger partial charge in [0.25, 0.3) is 0 Å². The molecule has 0 bridgehead atoms. The number of aromatic nitrogens is 1. The summed E-state index contributed by atoms with van der Waals surface area (Å²) >= 11 is 0. The molecular weight excluding hydrogens is 172 g/mol. The first-order valence-corrected chi connectivity index (χ1v) is 5.22. The predicted octanol–water partition coefficient (Wildman–Crippen LogP) is 2.56. The number of hydrogen-bond donors (Lipinski definition) is 1. The molecule has 14 heavy (non-hydrogen) atoms. The van der Waals surface area contributed by atoms with Crippen LogP contribution in [0.5, 0.6) is 0 Å². The Bertz CT molecular complexity index is 286. The van der Waals surface area contributed by atoms with Gasteiger partial charge in [0.15, 0.2) is 0 Å². The van der Waals surface area contributed by atoms with Gasteiger partial charge in [-0.25, -0.2) is 0 Å². The lowest BCUT2D eigenvalue weighted by atomic mass is 10.3. The average Bonchev–Trinajstić information content (AvgIpc) is 2.53. The normalized spacial score (nSPS) is 10.4. The van der Waals surface area contributed by atoms with Crippen molar-refractivity contribution in [1.29, 1.82) is 0 Å². The van der Waals surface area contributed by atoms with Crippen LogP contribution in [0.25, 0.3) is 0 Å². The molecule has 1 N–H and O–H groups in total. The summed E-state index contributed by atoms with van der Waals surface area (Å²) in [6.45, 7) is 11.0. The zero-order valence-corrected chi connectivity index (χ0v) is 9.21. The van der Waals surface area contributed by atoms with Crippen LogP contribution >= 0.6 is 0 Å². The van der Waals surface area contributed by atoms with Crippen molar-refractivity contribution in [2.75, 3.05) is 6.54 Å². The molecular formula is C12H20N2. The highest BCUT2D eigenvalue weighted by Crippen LogP contribution is 2.01. The van der Waals surface area contributed by atoms with E-state index in [1.54, 1.807) is 0 Å². The van der Waals surface area contributed by atoms with Crippen LogP contribution in [0.1, 0.15) is 25.8 Å². The van der Waals surface area contributed by atoms with E-state index in [0.717, 1.165) is 19.6 Å². The quantitative estimate of drug-likeness (QED) is 0.685. The Morgan fingerprint density at radius 3 is 3.00 bits per heavy atom. The maximum atomic E-state index is 3.85. The molecule has 0 saturated carbocycles. The SMILES string of the molecule is C=C(C)CNCc1ccn(CCC)c1. The zero-order valence-electron chi connectivity index (χ0n) is 9.21. The highest BCUT2D eigenvalue weighted by atomic mass is 14.9. The van der Waals surface area contributed by atoms with Crippen LogP contribution in [0.15, 0.2) is 30.6 Å². The molecule has 0 atom stereocenters. The van der Waals surface area contributed by atoms with Gasteiger partial charge in [-0.3, -0.25) is 0 Å². The van der Waals surface area contributed by atoms with E-state index in [2.05, 4.69) is 41.8 Å². The van der Waals surface area contributed by atoms with Crippen molar-refractivity contribution < 1.29 is 0 Å². The van der Waals surface area contributed by atoms with Gasteiger partial charge in [0.1, 0.15) is 0 Å². The fourth-order valence-corrected chi connectivity index (χ4v) is 1.41. The lowest BCUT2D eigenvalue weighted by Crippen LogP contribution is -2.14. The molecule has 0 aliphatic heterocycles. The number of nitrogens with one attached hydrogen (secondary N) is 1. The van der Waals surface area contributed by atoms with E-state index < -0.39 is 0 Å². The Balaban J connectivity index is 2.32. The summed E-state index contributed by atoms with van der Waals surface area (Å²) in [4.78, 5) is 0. The molecule has 1 rings (SSSR count). The summed E-state index contributed by atoms with van der Waals surface area (Å²) in [7, 11) is 0. The fourth-order valence-electron chi connectivity index (χ4n) is 1.41. The minimum Gasteiger partial charge on any atom is -0.354 e. The average molecular weight is 192 g/mol. The molecule has 0 aromatic carbocycles. The number of aryl methyl sites for hydroxylation is 1. The van der Waals surface area contributed by atoms with Crippen LogP contribution in [0, 0.1) is 0 Å². The molecule has 2 heteroatoms. The first-order chi connectivity index (χ1) is 6.72. The minimum atomic E-state index is 0.902. The summed E-state index contributed by atoms with van der Waals surface area (Å²) < 4.78 is 2.23. The van der Waals surface area contributed by atoms with Crippen molar-refractivity contribution in [2.24, 2.45) is 0 Å². The van der Waals surface area contributed by atoms with E-state index in [1.165, 1.54) is 17.6 Å². The van der Waals surface area contributed by atoms with Gasteiger partial charge in [0, 0.05) is 32.0 Å². The van der Waals surface area contributed by atoms with Crippen LogP contribution in [0.3, 0.4) is 0 Å². The molecule has 0 amide bonds. The van der Waals surface area contributed by atoms with Gasteiger partial charge in [-0.15, -0.1) is 0 Å². The van der Waals surface area contributed by atoms with Crippen LogP contribution in [0.4, 0.5) is 0 Å². The van der Waals surface area contributed by atoms with Crippen molar-refractivity contribution >= 4 is 0 Å². The lowest BCUT2D eigenvalue weighted by Gasteiger charge is -2.02. The Morgan fingerprint density at radius 1 is 1.57 bits per heavy atom. The smallest absolute Gasteiger partial charge is 0.0223 e. The van der Waals surface area contributed by atoms with Gasteiger partial charge in [-0.2, -0.15) is 0 Å². The summed E-state index contributed by atoms with van der Waals surface area (Å²) in [5.74, 6) is 0. The minimum absolute atomic E-state index is 0.902. The van der Waals surface area contributed by atoms with Crippen molar-refractivity contribution in [3.63, 3.8) is 0 Å². The Labute approximate surface area is 86.6 Å². The second-order valence-corrected chi connectivity index (χ2v) is 3.82. The molecule has 1 aromatic rings. The van der Waals surface area contributed by atoms with Gasteiger partial charge < -0.3 is 9.88 Å². The number of rotatable bonds is 6. The van der Waals surface area contributed by atoms with E-state index >= 15 is 0 Å². The predicted molar refractivity (Wildman–Crippen MR) is 61.2 cm³/mol. The van der Waals surface area contributed by atoms with Crippen LogP contribution < -0.4 is 5.32 Å². The molecule has 78 valence electrons. The Kier molecular flexibility index (Phi) is 4.47. The first-order valence-electron chi connectivity index (χ1n) is 5.22. The summed E-state index contributed by atoms with van der Waals surface area (Å²) in [6, 6.07) is 2.17. The zero-order chi connectivity index (χ0) is 10.4. The van der Waals surface area contributed by atoms with E-state index in [9.17, 15) is 0 Å². The monoisotopic (exact) mass is 192 g/mol. The third-order valence-corrected chi connectivity index (χ3v) is 2.05. The van der Waals surface area contributed by atoms with Crippen molar-refractivity contribution in [3.05, 3.63) is 36.2 Å². The molecule has 0 aliphatic carbocycles. The van der Waals surface area contributed by atoms with Gasteiger partial charge in [-0.1, -0.05) is 19.1 Å². The lowest BCUT2D eigenvalue weighted by molar-refractivity contribution is 0.676. The van der Waals surface area contributed by atoms with Crippen LogP contribution in [-0.4, -0.2) is 11.1 Å². The molecule has 0 unspecified atom stereocenters. The maximum absolute atomic E-state index is 3.85. The standard InChI is InChI=1S/C12H20N2/c1-4-6-14-7-5-12(10-14)9-13-8-11(2)3/h5,7,10,13H,2,4,6,8-9H2,1,3H3. The highest BCUT2D eigenvalue weighted by molar-refractivity contribution is 5.10. The van der Waals surface area contributed by atoms with Crippen molar-refractivity contribution in [2.45, 2.75) is 33.4 Å². The molecule has 0 saturated heterocycles. The second-order valence-electron chi connectivity index (χ2n) is 3.82.